The number of imidazole rings is 1. The quantitative estimate of drug-likeness (QED) is 0.803. The average molecular weight is 215 g/mol. The molecule has 0 fully saturated rings. The zero-order valence-corrected chi connectivity index (χ0v) is 9.53. The number of hydrogen-bond acceptors (Lipinski definition) is 2. The van der Waals surface area contributed by atoms with Crippen molar-refractivity contribution >= 4 is 0 Å². The van der Waals surface area contributed by atoms with Crippen LogP contribution in [0, 0.1) is 0 Å². The van der Waals surface area contributed by atoms with Gasteiger partial charge in [-0.1, -0.05) is 31.2 Å². The summed E-state index contributed by atoms with van der Waals surface area (Å²) in [5, 5.41) is 3.37. The highest BCUT2D eigenvalue weighted by Gasteiger charge is 1.95. The first-order chi connectivity index (χ1) is 7.88. The predicted octanol–water partition coefficient (Wildman–Crippen LogP) is 2.26. The molecule has 0 saturated heterocycles. The van der Waals surface area contributed by atoms with Gasteiger partial charge in [0.15, 0.2) is 0 Å². The zero-order valence-electron chi connectivity index (χ0n) is 9.53. The SMILES string of the molecule is CCc1ccc(CNCc2cnc[nH]2)cc1. The third kappa shape index (κ3) is 2.94. The topological polar surface area (TPSA) is 40.7 Å². The Hall–Kier alpha value is -1.61. The number of aromatic amines is 1. The summed E-state index contributed by atoms with van der Waals surface area (Å²) in [5.41, 5.74) is 3.82. The molecular formula is C13H17N3. The lowest BCUT2D eigenvalue weighted by Crippen LogP contribution is -2.12. The van der Waals surface area contributed by atoms with Gasteiger partial charge in [-0.3, -0.25) is 0 Å². The molecule has 0 amide bonds. The molecule has 2 rings (SSSR count). The third-order valence-electron chi connectivity index (χ3n) is 2.63. The number of nitrogens with one attached hydrogen (secondary N) is 2. The van der Waals surface area contributed by atoms with Crippen LogP contribution in [0.15, 0.2) is 36.8 Å². The van der Waals surface area contributed by atoms with Gasteiger partial charge in [-0.25, -0.2) is 4.98 Å². The Morgan fingerprint density at radius 2 is 1.88 bits per heavy atom. The van der Waals surface area contributed by atoms with E-state index in [1.54, 1.807) is 6.33 Å². The van der Waals surface area contributed by atoms with Gasteiger partial charge in [0, 0.05) is 25.0 Å². The van der Waals surface area contributed by atoms with Gasteiger partial charge in [0.05, 0.1) is 6.33 Å². The van der Waals surface area contributed by atoms with Crippen LogP contribution in [0.3, 0.4) is 0 Å². The standard InChI is InChI=1S/C13H17N3/c1-2-11-3-5-12(6-4-11)7-14-8-13-9-15-10-16-13/h3-6,9-10,14H,2,7-8H2,1H3,(H,15,16). The van der Waals surface area contributed by atoms with Gasteiger partial charge in [0.1, 0.15) is 0 Å². The minimum Gasteiger partial charge on any atom is -0.347 e. The van der Waals surface area contributed by atoms with Crippen molar-refractivity contribution in [1.82, 2.24) is 15.3 Å². The van der Waals surface area contributed by atoms with Gasteiger partial charge in [-0.2, -0.15) is 0 Å². The van der Waals surface area contributed by atoms with E-state index in [1.807, 2.05) is 6.20 Å². The van der Waals surface area contributed by atoms with E-state index in [0.717, 1.165) is 25.2 Å². The summed E-state index contributed by atoms with van der Waals surface area (Å²) < 4.78 is 0. The molecule has 0 saturated carbocycles. The fraction of sp³-hybridized carbons (Fsp3) is 0.308. The number of benzene rings is 1. The molecule has 3 heteroatoms. The molecule has 1 aromatic carbocycles. The number of hydrogen-bond donors (Lipinski definition) is 2. The van der Waals surface area contributed by atoms with Crippen LogP contribution < -0.4 is 5.32 Å². The molecule has 84 valence electrons. The van der Waals surface area contributed by atoms with E-state index in [2.05, 4.69) is 46.5 Å². The lowest BCUT2D eigenvalue weighted by atomic mass is 10.1. The smallest absolute Gasteiger partial charge is 0.0922 e. The molecule has 1 heterocycles. The van der Waals surface area contributed by atoms with E-state index in [-0.39, 0.29) is 0 Å². The number of rotatable bonds is 5. The highest BCUT2D eigenvalue weighted by atomic mass is 14.9. The highest BCUT2D eigenvalue weighted by molar-refractivity contribution is 5.22. The van der Waals surface area contributed by atoms with Crippen molar-refractivity contribution in [1.29, 1.82) is 0 Å². The Morgan fingerprint density at radius 1 is 1.12 bits per heavy atom. The van der Waals surface area contributed by atoms with Gasteiger partial charge < -0.3 is 10.3 Å². The van der Waals surface area contributed by atoms with Crippen molar-refractivity contribution in [3.63, 3.8) is 0 Å². The van der Waals surface area contributed by atoms with E-state index in [4.69, 9.17) is 0 Å². The van der Waals surface area contributed by atoms with Crippen molar-refractivity contribution in [3.05, 3.63) is 53.6 Å². The number of nitrogens with zero attached hydrogens (tertiary/aromatic N) is 1. The summed E-state index contributed by atoms with van der Waals surface area (Å²) in [7, 11) is 0. The monoisotopic (exact) mass is 215 g/mol. The second kappa shape index (κ2) is 5.47. The summed E-state index contributed by atoms with van der Waals surface area (Å²) in [4.78, 5) is 7.04. The van der Waals surface area contributed by atoms with Crippen molar-refractivity contribution < 1.29 is 0 Å². The Morgan fingerprint density at radius 3 is 2.50 bits per heavy atom. The van der Waals surface area contributed by atoms with Crippen molar-refractivity contribution in [2.24, 2.45) is 0 Å². The summed E-state index contributed by atoms with van der Waals surface area (Å²) in [6.07, 6.45) is 4.64. The molecule has 0 atom stereocenters. The molecule has 2 aromatic rings. The van der Waals surface area contributed by atoms with Crippen molar-refractivity contribution in [2.75, 3.05) is 0 Å². The van der Waals surface area contributed by atoms with Gasteiger partial charge >= 0.3 is 0 Å². The molecule has 2 N–H and O–H groups in total. The second-order valence-electron chi connectivity index (χ2n) is 3.85. The third-order valence-corrected chi connectivity index (χ3v) is 2.63. The Balaban J connectivity index is 1.81. The van der Waals surface area contributed by atoms with Crippen molar-refractivity contribution in [2.45, 2.75) is 26.4 Å². The van der Waals surface area contributed by atoms with Crippen molar-refractivity contribution in [3.8, 4) is 0 Å². The van der Waals surface area contributed by atoms with Crippen LogP contribution in [-0.2, 0) is 19.5 Å². The summed E-state index contributed by atoms with van der Waals surface area (Å²) in [5.74, 6) is 0. The van der Waals surface area contributed by atoms with Gasteiger partial charge in [-0.15, -0.1) is 0 Å². The lowest BCUT2D eigenvalue weighted by molar-refractivity contribution is 0.682. The summed E-state index contributed by atoms with van der Waals surface area (Å²) in [6.45, 7) is 3.89. The first-order valence-electron chi connectivity index (χ1n) is 5.64. The maximum absolute atomic E-state index is 3.97. The Kier molecular flexibility index (Phi) is 3.72. The number of H-pyrrole nitrogens is 1. The van der Waals surface area contributed by atoms with Gasteiger partial charge in [-0.05, 0) is 17.5 Å². The summed E-state index contributed by atoms with van der Waals surface area (Å²) in [6, 6.07) is 8.73. The van der Waals surface area contributed by atoms with Crippen LogP contribution in [0.1, 0.15) is 23.7 Å². The molecule has 0 unspecified atom stereocenters. The fourth-order valence-corrected chi connectivity index (χ4v) is 1.62. The summed E-state index contributed by atoms with van der Waals surface area (Å²) >= 11 is 0. The minimum atomic E-state index is 0.829. The first kappa shape index (κ1) is 10.9. The highest BCUT2D eigenvalue weighted by Crippen LogP contribution is 2.04. The normalized spacial score (nSPS) is 10.6. The predicted molar refractivity (Wildman–Crippen MR) is 65.0 cm³/mol. The zero-order chi connectivity index (χ0) is 11.2. The second-order valence-corrected chi connectivity index (χ2v) is 3.85. The minimum absolute atomic E-state index is 0.829. The molecule has 0 spiro atoms. The molecule has 3 nitrogen and oxygen atoms in total. The molecule has 0 aliphatic rings. The van der Waals surface area contributed by atoms with Crippen LogP contribution in [-0.4, -0.2) is 9.97 Å². The largest absolute Gasteiger partial charge is 0.347 e. The Labute approximate surface area is 95.9 Å². The maximum atomic E-state index is 3.97. The van der Waals surface area contributed by atoms with Crippen LogP contribution in [0.2, 0.25) is 0 Å². The molecule has 0 radical (unpaired) electrons. The molecule has 1 aromatic heterocycles. The Bertz CT molecular complexity index is 403. The van der Waals surface area contributed by atoms with Gasteiger partial charge in [0.25, 0.3) is 0 Å². The lowest BCUT2D eigenvalue weighted by Gasteiger charge is -2.04. The first-order valence-corrected chi connectivity index (χ1v) is 5.64. The van der Waals surface area contributed by atoms with Crippen LogP contribution in [0.4, 0.5) is 0 Å². The van der Waals surface area contributed by atoms with Crippen LogP contribution >= 0.6 is 0 Å². The van der Waals surface area contributed by atoms with E-state index < -0.39 is 0 Å². The average Bonchev–Trinajstić information content (AvgIpc) is 2.83. The van der Waals surface area contributed by atoms with Crippen LogP contribution in [0.25, 0.3) is 0 Å². The van der Waals surface area contributed by atoms with E-state index in [9.17, 15) is 0 Å². The number of aryl methyl sites for hydroxylation is 1. The fourth-order valence-electron chi connectivity index (χ4n) is 1.62. The van der Waals surface area contributed by atoms with Gasteiger partial charge in [0.2, 0.25) is 0 Å². The van der Waals surface area contributed by atoms with E-state index >= 15 is 0 Å². The molecular weight excluding hydrogens is 198 g/mol. The van der Waals surface area contributed by atoms with Crippen LogP contribution in [0.5, 0.6) is 0 Å². The number of aromatic nitrogens is 2. The molecule has 16 heavy (non-hydrogen) atoms. The van der Waals surface area contributed by atoms with E-state index in [0.29, 0.717) is 0 Å². The molecule has 0 aliphatic heterocycles. The maximum Gasteiger partial charge on any atom is 0.0922 e. The van der Waals surface area contributed by atoms with E-state index in [1.165, 1.54) is 11.1 Å². The molecule has 0 aliphatic carbocycles. The molecule has 0 bridgehead atoms.